The third-order valence-electron chi connectivity index (χ3n) is 2.31. The first-order valence-electron chi connectivity index (χ1n) is 5.14. The molecule has 0 saturated heterocycles. The lowest BCUT2D eigenvalue weighted by Crippen LogP contribution is -2.01. The molecule has 0 aromatic carbocycles. The Kier molecular flexibility index (Phi) is 5.10. The van der Waals surface area contributed by atoms with E-state index in [2.05, 4.69) is 0 Å². The third-order valence-corrected chi connectivity index (χ3v) is 2.31. The monoisotopic (exact) mass is 217 g/mol. The van der Waals surface area contributed by atoms with Crippen LogP contribution in [0.4, 0.5) is 0 Å². The van der Waals surface area contributed by atoms with Gasteiger partial charge in [0, 0.05) is 0 Å². The number of aliphatic hydroxyl groups is 1. The summed E-state index contributed by atoms with van der Waals surface area (Å²) in [5, 5.41) is 17.9. The van der Waals surface area contributed by atoms with Crippen molar-refractivity contribution in [3.05, 3.63) is 47.8 Å². The standard InChI is InChI=1S/C13H15NO2/c1-16-12(9-10-14)7-3-2-5-11-6-4-8-13(11)15/h2-3,5-7,9,13,15H,4,8H2,1H3/b5-2+,7-3+,12-9+. The zero-order valence-corrected chi connectivity index (χ0v) is 9.26. The fourth-order valence-corrected chi connectivity index (χ4v) is 1.45. The van der Waals surface area contributed by atoms with Crippen LogP contribution < -0.4 is 0 Å². The Morgan fingerprint density at radius 2 is 2.44 bits per heavy atom. The first kappa shape index (κ1) is 12.3. The molecule has 0 spiro atoms. The van der Waals surface area contributed by atoms with Gasteiger partial charge in [-0.15, -0.1) is 0 Å². The first-order valence-corrected chi connectivity index (χ1v) is 5.14. The zero-order valence-electron chi connectivity index (χ0n) is 9.26. The van der Waals surface area contributed by atoms with Crippen LogP contribution in [0, 0.1) is 11.3 Å². The van der Waals surface area contributed by atoms with E-state index in [1.807, 2.05) is 24.3 Å². The normalized spacial score (nSPS) is 21.4. The van der Waals surface area contributed by atoms with Gasteiger partial charge in [-0.2, -0.15) is 5.26 Å². The lowest BCUT2D eigenvalue weighted by Gasteiger charge is -2.01. The van der Waals surface area contributed by atoms with E-state index in [-0.39, 0.29) is 6.10 Å². The van der Waals surface area contributed by atoms with Gasteiger partial charge < -0.3 is 9.84 Å². The number of aliphatic hydroxyl groups excluding tert-OH is 1. The summed E-state index contributed by atoms with van der Waals surface area (Å²) in [5.74, 6) is 0.508. The quantitative estimate of drug-likeness (QED) is 0.446. The molecular formula is C13H15NO2. The van der Waals surface area contributed by atoms with E-state index >= 15 is 0 Å². The predicted molar refractivity (Wildman–Crippen MR) is 62.3 cm³/mol. The Morgan fingerprint density at radius 3 is 3.00 bits per heavy atom. The summed E-state index contributed by atoms with van der Waals surface area (Å²) >= 11 is 0. The van der Waals surface area contributed by atoms with Crippen molar-refractivity contribution in [3.8, 4) is 6.07 Å². The third kappa shape index (κ3) is 3.76. The molecule has 3 heteroatoms. The topological polar surface area (TPSA) is 53.2 Å². The van der Waals surface area contributed by atoms with Gasteiger partial charge in [0.1, 0.15) is 5.76 Å². The van der Waals surface area contributed by atoms with Gasteiger partial charge in [0.2, 0.25) is 0 Å². The summed E-state index contributed by atoms with van der Waals surface area (Å²) in [6.07, 6.45) is 11.9. The van der Waals surface area contributed by atoms with E-state index in [1.54, 1.807) is 12.2 Å². The van der Waals surface area contributed by atoms with Crippen LogP contribution in [-0.2, 0) is 4.74 Å². The molecule has 1 rings (SSSR count). The average Bonchev–Trinajstić information content (AvgIpc) is 2.69. The predicted octanol–water partition coefficient (Wildman–Crippen LogP) is 2.23. The number of nitrogens with zero attached hydrogens (tertiary/aromatic N) is 1. The van der Waals surface area contributed by atoms with Crippen LogP contribution >= 0.6 is 0 Å². The molecule has 16 heavy (non-hydrogen) atoms. The van der Waals surface area contributed by atoms with Crippen molar-refractivity contribution in [2.45, 2.75) is 18.9 Å². The lowest BCUT2D eigenvalue weighted by atomic mass is 10.2. The molecule has 0 heterocycles. The van der Waals surface area contributed by atoms with Gasteiger partial charge in [-0.3, -0.25) is 0 Å². The van der Waals surface area contributed by atoms with E-state index in [1.165, 1.54) is 13.2 Å². The highest BCUT2D eigenvalue weighted by Gasteiger charge is 2.12. The summed E-state index contributed by atoms with van der Waals surface area (Å²) in [5.41, 5.74) is 0.952. The molecule has 0 aliphatic heterocycles. The number of ether oxygens (including phenoxy) is 1. The largest absolute Gasteiger partial charge is 0.496 e. The fourth-order valence-electron chi connectivity index (χ4n) is 1.45. The number of hydrogen-bond acceptors (Lipinski definition) is 3. The molecular weight excluding hydrogens is 202 g/mol. The minimum atomic E-state index is -0.332. The summed E-state index contributed by atoms with van der Waals surface area (Å²) in [7, 11) is 1.51. The van der Waals surface area contributed by atoms with Gasteiger partial charge in [0.05, 0.1) is 25.4 Å². The summed E-state index contributed by atoms with van der Waals surface area (Å²) in [6, 6.07) is 1.89. The maximum atomic E-state index is 9.51. The summed E-state index contributed by atoms with van der Waals surface area (Å²) in [6.45, 7) is 0. The lowest BCUT2D eigenvalue weighted by molar-refractivity contribution is 0.215. The van der Waals surface area contributed by atoms with Gasteiger partial charge in [0.15, 0.2) is 0 Å². The van der Waals surface area contributed by atoms with Crippen molar-refractivity contribution < 1.29 is 9.84 Å². The van der Waals surface area contributed by atoms with Crippen molar-refractivity contribution in [1.82, 2.24) is 0 Å². The Morgan fingerprint density at radius 1 is 1.62 bits per heavy atom. The van der Waals surface area contributed by atoms with Crippen LogP contribution in [0.15, 0.2) is 47.8 Å². The average molecular weight is 217 g/mol. The van der Waals surface area contributed by atoms with Crippen LogP contribution in [0.3, 0.4) is 0 Å². The van der Waals surface area contributed by atoms with E-state index in [4.69, 9.17) is 10.00 Å². The molecule has 1 unspecified atom stereocenters. The maximum absolute atomic E-state index is 9.51. The molecule has 0 aromatic rings. The molecule has 0 aromatic heterocycles. The minimum absolute atomic E-state index is 0.332. The highest BCUT2D eigenvalue weighted by atomic mass is 16.5. The van der Waals surface area contributed by atoms with Crippen molar-refractivity contribution in [3.63, 3.8) is 0 Å². The van der Waals surface area contributed by atoms with Crippen LogP contribution in [0.25, 0.3) is 0 Å². The number of nitriles is 1. The molecule has 1 N–H and O–H groups in total. The van der Waals surface area contributed by atoms with E-state index in [0.717, 1.165) is 18.4 Å². The van der Waals surface area contributed by atoms with Crippen LogP contribution in [-0.4, -0.2) is 18.3 Å². The van der Waals surface area contributed by atoms with E-state index < -0.39 is 0 Å². The van der Waals surface area contributed by atoms with Crippen molar-refractivity contribution in [2.75, 3.05) is 7.11 Å². The second-order valence-electron chi connectivity index (χ2n) is 3.40. The van der Waals surface area contributed by atoms with Crippen molar-refractivity contribution >= 4 is 0 Å². The molecule has 1 atom stereocenters. The van der Waals surface area contributed by atoms with Gasteiger partial charge in [-0.05, 0) is 24.5 Å². The smallest absolute Gasteiger partial charge is 0.129 e. The Bertz CT molecular complexity index is 383. The molecule has 0 radical (unpaired) electrons. The van der Waals surface area contributed by atoms with Gasteiger partial charge in [-0.25, -0.2) is 0 Å². The molecule has 3 nitrogen and oxygen atoms in total. The first-order chi connectivity index (χ1) is 7.77. The Labute approximate surface area is 95.7 Å². The zero-order chi connectivity index (χ0) is 11.8. The molecule has 1 aliphatic rings. The number of allylic oxidation sites excluding steroid dienone is 5. The summed E-state index contributed by atoms with van der Waals surface area (Å²) < 4.78 is 4.94. The molecule has 0 fully saturated rings. The fraction of sp³-hybridized carbons (Fsp3) is 0.308. The molecule has 84 valence electrons. The molecule has 1 aliphatic carbocycles. The van der Waals surface area contributed by atoms with Gasteiger partial charge >= 0.3 is 0 Å². The number of methoxy groups -OCH3 is 1. The van der Waals surface area contributed by atoms with E-state index in [9.17, 15) is 5.11 Å². The highest BCUT2D eigenvalue weighted by molar-refractivity contribution is 5.30. The van der Waals surface area contributed by atoms with Crippen molar-refractivity contribution in [2.24, 2.45) is 0 Å². The second-order valence-corrected chi connectivity index (χ2v) is 3.40. The summed E-state index contributed by atoms with van der Waals surface area (Å²) in [4.78, 5) is 0. The molecule has 0 bridgehead atoms. The van der Waals surface area contributed by atoms with Crippen LogP contribution in [0.1, 0.15) is 12.8 Å². The number of hydrogen-bond donors (Lipinski definition) is 1. The molecule has 0 saturated carbocycles. The van der Waals surface area contributed by atoms with Crippen molar-refractivity contribution in [1.29, 1.82) is 5.26 Å². The maximum Gasteiger partial charge on any atom is 0.129 e. The highest BCUT2D eigenvalue weighted by Crippen LogP contribution is 2.19. The van der Waals surface area contributed by atoms with Gasteiger partial charge in [0.25, 0.3) is 0 Å². The SMILES string of the molecule is COC(/C=C/C=C/C1=CCCC1O)=C/C#N. The van der Waals surface area contributed by atoms with E-state index in [0.29, 0.717) is 5.76 Å². The number of rotatable bonds is 4. The van der Waals surface area contributed by atoms with Gasteiger partial charge in [-0.1, -0.05) is 24.3 Å². The Balaban J connectivity index is 2.51. The minimum Gasteiger partial charge on any atom is -0.496 e. The second kappa shape index (κ2) is 6.65. The Hall–Kier alpha value is -1.79. The molecule has 0 amide bonds. The van der Waals surface area contributed by atoms with Crippen LogP contribution in [0.5, 0.6) is 0 Å². The van der Waals surface area contributed by atoms with Crippen LogP contribution in [0.2, 0.25) is 0 Å².